The molecule has 29 heavy (non-hydrogen) atoms. The third-order valence-electron chi connectivity index (χ3n) is 4.10. The molecule has 0 saturated heterocycles. The van der Waals surface area contributed by atoms with Crippen molar-refractivity contribution >= 4 is 29.2 Å². The van der Waals surface area contributed by atoms with Crippen molar-refractivity contribution in [3.8, 4) is 0 Å². The van der Waals surface area contributed by atoms with Gasteiger partial charge in [-0.3, -0.25) is 14.9 Å². The van der Waals surface area contributed by atoms with Crippen molar-refractivity contribution in [3.05, 3.63) is 94.2 Å². The molecular formula is C22H20N2O4S. The summed E-state index contributed by atoms with van der Waals surface area (Å²) in [5.74, 6) is -1.91. The highest BCUT2D eigenvalue weighted by Crippen LogP contribution is 2.25. The van der Waals surface area contributed by atoms with E-state index in [0.29, 0.717) is 6.54 Å². The van der Waals surface area contributed by atoms with E-state index in [1.54, 1.807) is 0 Å². The fourth-order valence-electron chi connectivity index (χ4n) is 2.76. The van der Waals surface area contributed by atoms with E-state index in [2.05, 4.69) is 10.6 Å². The lowest BCUT2D eigenvalue weighted by molar-refractivity contribution is -0.148. The lowest BCUT2D eigenvalue weighted by Crippen LogP contribution is -2.41. The first-order chi connectivity index (χ1) is 14.1. The van der Waals surface area contributed by atoms with Crippen LogP contribution in [-0.2, 0) is 20.9 Å². The van der Waals surface area contributed by atoms with Crippen LogP contribution in [-0.4, -0.2) is 24.5 Å². The molecule has 0 aliphatic carbocycles. The third-order valence-corrected chi connectivity index (χ3v) is 4.98. The summed E-state index contributed by atoms with van der Waals surface area (Å²) in [6.45, 7) is -0.220. The molecule has 0 bridgehead atoms. The SMILES string of the molecule is O=C(COC(=O)C(c1ccccc1)c1ccccc1)NC(=O)NCc1cccs1. The Morgan fingerprint density at radius 1 is 0.862 bits per heavy atom. The smallest absolute Gasteiger partial charge is 0.321 e. The van der Waals surface area contributed by atoms with Crippen LogP contribution in [0.5, 0.6) is 0 Å². The minimum atomic E-state index is -0.693. The predicted molar refractivity (Wildman–Crippen MR) is 110 cm³/mol. The summed E-state index contributed by atoms with van der Waals surface area (Å²) in [5, 5.41) is 6.63. The molecule has 0 saturated carbocycles. The number of urea groups is 1. The molecule has 0 atom stereocenters. The van der Waals surface area contributed by atoms with Gasteiger partial charge in [-0.1, -0.05) is 66.7 Å². The lowest BCUT2D eigenvalue weighted by Gasteiger charge is -2.17. The lowest BCUT2D eigenvalue weighted by atomic mass is 9.91. The Morgan fingerprint density at radius 3 is 2.03 bits per heavy atom. The van der Waals surface area contributed by atoms with Crippen molar-refractivity contribution in [2.45, 2.75) is 12.5 Å². The van der Waals surface area contributed by atoms with Crippen LogP contribution in [0.1, 0.15) is 21.9 Å². The maximum absolute atomic E-state index is 12.7. The van der Waals surface area contributed by atoms with Crippen LogP contribution >= 0.6 is 11.3 Å². The van der Waals surface area contributed by atoms with E-state index in [0.717, 1.165) is 16.0 Å². The monoisotopic (exact) mass is 408 g/mol. The average Bonchev–Trinajstić information content (AvgIpc) is 3.26. The molecule has 2 N–H and O–H groups in total. The van der Waals surface area contributed by atoms with Gasteiger partial charge < -0.3 is 10.1 Å². The van der Waals surface area contributed by atoms with Gasteiger partial charge in [0.25, 0.3) is 5.91 Å². The molecule has 0 aliphatic heterocycles. The highest BCUT2D eigenvalue weighted by molar-refractivity contribution is 7.09. The van der Waals surface area contributed by atoms with Gasteiger partial charge >= 0.3 is 12.0 Å². The topological polar surface area (TPSA) is 84.5 Å². The number of imide groups is 1. The number of rotatable bonds is 7. The largest absolute Gasteiger partial charge is 0.455 e. The number of carbonyl (C=O) groups excluding carboxylic acids is 3. The molecule has 0 aliphatic rings. The Balaban J connectivity index is 1.55. The van der Waals surface area contributed by atoms with Gasteiger partial charge in [0.05, 0.1) is 6.54 Å². The molecule has 3 amide bonds. The summed E-state index contributed by atoms with van der Waals surface area (Å²) in [6.07, 6.45) is 0. The van der Waals surface area contributed by atoms with Crippen LogP contribution in [0, 0.1) is 0 Å². The number of hydrogen-bond acceptors (Lipinski definition) is 5. The van der Waals surface area contributed by atoms with Crippen LogP contribution in [0.15, 0.2) is 78.2 Å². The summed E-state index contributed by atoms with van der Waals surface area (Å²) < 4.78 is 5.20. The summed E-state index contributed by atoms with van der Waals surface area (Å²) in [5.41, 5.74) is 1.52. The fraction of sp³-hybridized carbons (Fsp3) is 0.136. The molecule has 7 heteroatoms. The third kappa shape index (κ3) is 6.02. The summed E-state index contributed by atoms with van der Waals surface area (Å²) in [4.78, 5) is 37.4. The number of esters is 1. The van der Waals surface area contributed by atoms with E-state index in [4.69, 9.17) is 4.74 Å². The second-order valence-corrected chi connectivity index (χ2v) is 7.20. The van der Waals surface area contributed by atoms with Gasteiger partial charge in [0, 0.05) is 4.88 Å². The van der Waals surface area contributed by atoms with Crippen molar-refractivity contribution in [2.75, 3.05) is 6.61 Å². The van der Waals surface area contributed by atoms with Crippen LogP contribution in [0.25, 0.3) is 0 Å². The number of carbonyl (C=O) groups is 3. The van der Waals surface area contributed by atoms with Crippen molar-refractivity contribution in [2.24, 2.45) is 0 Å². The molecule has 1 aromatic heterocycles. The first-order valence-electron chi connectivity index (χ1n) is 9.00. The molecule has 0 fully saturated rings. The van der Waals surface area contributed by atoms with Gasteiger partial charge in [-0.25, -0.2) is 4.79 Å². The van der Waals surface area contributed by atoms with E-state index in [9.17, 15) is 14.4 Å². The molecule has 148 valence electrons. The standard InChI is InChI=1S/C22H20N2O4S/c25-19(24-22(27)23-14-18-12-7-13-29-18)15-28-21(26)20(16-8-3-1-4-9-16)17-10-5-2-6-11-17/h1-13,20H,14-15H2,(H2,23,24,25,27). The number of nitrogens with one attached hydrogen (secondary N) is 2. The second-order valence-electron chi connectivity index (χ2n) is 6.17. The first kappa shape index (κ1) is 20.3. The number of amides is 3. The normalized spacial score (nSPS) is 10.4. The van der Waals surface area contributed by atoms with Crippen molar-refractivity contribution in [1.82, 2.24) is 10.6 Å². The van der Waals surface area contributed by atoms with Crippen molar-refractivity contribution < 1.29 is 19.1 Å². The van der Waals surface area contributed by atoms with Gasteiger partial charge in [-0.2, -0.15) is 0 Å². The molecule has 0 unspecified atom stereocenters. The number of benzene rings is 2. The molecule has 0 spiro atoms. The zero-order valence-electron chi connectivity index (χ0n) is 15.5. The van der Waals surface area contributed by atoms with Gasteiger partial charge in [-0.05, 0) is 22.6 Å². The number of thiophene rings is 1. The number of hydrogen-bond donors (Lipinski definition) is 2. The zero-order valence-corrected chi connectivity index (χ0v) is 16.4. The molecule has 3 aromatic rings. The maximum Gasteiger partial charge on any atom is 0.321 e. The second kappa shape index (κ2) is 10.2. The number of ether oxygens (including phenoxy) is 1. The minimum absolute atomic E-state index is 0.320. The van der Waals surface area contributed by atoms with Gasteiger partial charge in [0.2, 0.25) is 0 Å². The molecule has 3 rings (SSSR count). The van der Waals surface area contributed by atoms with Crippen molar-refractivity contribution in [1.29, 1.82) is 0 Å². The highest BCUT2D eigenvalue weighted by Gasteiger charge is 2.25. The molecule has 1 heterocycles. The van der Waals surface area contributed by atoms with Gasteiger partial charge in [0.1, 0.15) is 5.92 Å². The molecular weight excluding hydrogens is 388 g/mol. The zero-order chi connectivity index (χ0) is 20.5. The van der Waals surface area contributed by atoms with E-state index < -0.39 is 30.4 Å². The van der Waals surface area contributed by atoms with Gasteiger partial charge in [-0.15, -0.1) is 11.3 Å². The molecule has 2 aromatic carbocycles. The summed E-state index contributed by atoms with van der Waals surface area (Å²) in [6, 6.07) is 21.5. The van der Waals surface area contributed by atoms with Crippen molar-refractivity contribution in [3.63, 3.8) is 0 Å². The Morgan fingerprint density at radius 2 is 1.48 bits per heavy atom. The average molecular weight is 408 g/mol. The van der Waals surface area contributed by atoms with E-state index in [1.807, 2.05) is 78.2 Å². The van der Waals surface area contributed by atoms with Gasteiger partial charge in [0.15, 0.2) is 6.61 Å². The predicted octanol–water partition coefficient (Wildman–Crippen LogP) is 3.45. The summed E-state index contributed by atoms with van der Waals surface area (Å²) >= 11 is 1.50. The quantitative estimate of drug-likeness (QED) is 0.587. The first-order valence-corrected chi connectivity index (χ1v) is 9.88. The van der Waals surface area contributed by atoms with Crippen LogP contribution < -0.4 is 10.6 Å². The Labute approximate surface area is 172 Å². The Bertz CT molecular complexity index is 904. The fourth-order valence-corrected chi connectivity index (χ4v) is 3.41. The van der Waals surface area contributed by atoms with Crippen LogP contribution in [0.2, 0.25) is 0 Å². The van der Waals surface area contributed by atoms with Crippen LogP contribution in [0.3, 0.4) is 0 Å². The minimum Gasteiger partial charge on any atom is -0.455 e. The molecule has 0 radical (unpaired) electrons. The Kier molecular flexibility index (Phi) is 7.13. The Hall–Kier alpha value is -3.45. The maximum atomic E-state index is 12.7. The molecule has 6 nitrogen and oxygen atoms in total. The highest BCUT2D eigenvalue weighted by atomic mass is 32.1. The summed E-state index contributed by atoms with van der Waals surface area (Å²) in [7, 11) is 0. The van der Waals surface area contributed by atoms with E-state index in [1.165, 1.54) is 11.3 Å². The van der Waals surface area contributed by atoms with E-state index in [-0.39, 0.29) is 0 Å². The van der Waals surface area contributed by atoms with Crippen LogP contribution in [0.4, 0.5) is 4.79 Å². The van der Waals surface area contributed by atoms with E-state index >= 15 is 0 Å².